The summed E-state index contributed by atoms with van der Waals surface area (Å²) in [6, 6.07) is 7.91. The summed E-state index contributed by atoms with van der Waals surface area (Å²) >= 11 is 0. The van der Waals surface area contributed by atoms with Crippen LogP contribution >= 0.6 is 0 Å². The summed E-state index contributed by atoms with van der Waals surface area (Å²) in [5, 5.41) is 0. The molecule has 1 fully saturated rings. The Balaban J connectivity index is 2.12. The van der Waals surface area contributed by atoms with Gasteiger partial charge in [0.15, 0.2) is 6.10 Å². The number of epoxide rings is 1. The van der Waals surface area contributed by atoms with Crippen LogP contribution in [-0.4, -0.2) is 12.0 Å². The Labute approximate surface area is 76.5 Å². The lowest BCUT2D eigenvalue weighted by molar-refractivity contribution is -0.119. The van der Waals surface area contributed by atoms with E-state index in [0.717, 1.165) is 5.56 Å². The van der Waals surface area contributed by atoms with Crippen molar-refractivity contribution < 1.29 is 9.53 Å². The van der Waals surface area contributed by atoms with Crippen molar-refractivity contribution in [1.29, 1.82) is 0 Å². The van der Waals surface area contributed by atoms with Crippen LogP contribution in [0.3, 0.4) is 0 Å². The van der Waals surface area contributed by atoms with Crippen molar-refractivity contribution in [1.82, 2.24) is 0 Å². The molecule has 2 N–H and O–H groups in total. The van der Waals surface area contributed by atoms with Gasteiger partial charge in [0.05, 0.1) is 0 Å². The van der Waals surface area contributed by atoms with Crippen LogP contribution in [0.15, 0.2) is 24.3 Å². The molecule has 1 aliphatic heterocycles. The fraction of sp³-hybridized carbons (Fsp3) is 0.300. The number of carbonyl (C=O) groups excluding carboxylic acids is 1. The highest BCUT2D eigenvalue weighted by Crippen LogP contribution is 2.38. The van der Waals surface area contributed by atoms with Gasteiger partial charge in [-0.25, -0.2) is 0 Å². The molecule has 1 amide bonds. The van der Waals surface area contributed by atoms with E-state index in [1.807, 2.05) is 31.2 Å². The van der Waals surface area contributed by atoms with Crippen LogP contribution in [-0.2, 0) is 9.53 Å². The second-order valence-corrected chi connectivity index (χ2v) is 3.29. The number of ether oxygens (including phenoxy) is 1. The number of primary amides is 1. The van der Waals surface area contributed by atoms with Crippen molar-refractivity contribution in [2.75, 3.05) is 0 Å². The minimum Gasteiger partial charge on any atom is -0.367 e. The summed E-state index contributed by atoms with van der Waals surface area (Å²) in [6.07, 6.45) is -0.527. The van der Waals surface area contributed by atoms with E-state index >= 15 is 0 Å². The molecule has 2 rings (SSSR count). The molecule has 0 saturated carbocycles. The number of rotatable bonds is 2. The van der Waals surface area contributed by atoms with Crippen LogP contribution in [0.2, 0.25) is 0 Å². The van der Waals surface area contributed by atoms with Gasteiger partial charge in [-0.15, -0.1) is 0 Å². The lowest BCUT2D eigenvalue weighted by Crippen LogP contribution is -2.18. The van der Waals surface area contributed by atoms with Crippen molar-refractivity contribution in [3.63, 3.8) is 0 Å². The highest BCUT2D eigenvalue weighted by molar-refractivity contribution is 5.82. The van der Waals surface area contributed by atoms with E-state index in [4.69, 9.17) is 10.5 Å². The third-order valence-corrected chi connectivity index (χ3v) is 2.18. The van der Waals surface area contributed by atoms with Crippen molar-refractivity contribution in [3.05, 3.63) is 35.4 Å². The van der Waals surface area contributed by atoms with Gasteiger partial charge >= 0.3 is 0 Å². The van der Waals surface area contributed by atoms with Gasteiger partial charge in [-0.1, -0.05) is 29.8 Å². The normalized spacial score (nSPS) is 25.6. The molecule has 3 heteroatoms. The van der Waals surface area contributed by atoms with Gasteiger partial charge in [0.1, 0.15) is 6.10 Å². The van der Waals surface area contributed by atoms with E-state index < -0.39 is 6.10 Å². The Kier molecular flexibility index (Phi) is 1.81. The highest BCUT2D eigenvalue weighted by Gasteiger charge is 2.44. The molecular formula is C10H11NO2. The molecule has 0 unspecified atom stereocenters. The maximum Gasteiger partial charge on any atom is 0.249 e. The van der Waals surface area contributed by atoms with Crippen molar-refractivity contribution in [3.8, 4) is 0 Å². The summed E-state index contributed by atoms with van der Waals surface area (Å²) < 4.78 is 5.13. The Morgan fingerprint density at radius 2 is 2.00 bits per heavy atom. The van der Waals surface area contributed by atoms with Crippen LogP contribution < -0.4 is 5.73 Å². The standard InChI is InChI=1S/C10H11NO2/c1-6-2-4-7(5-3-6)8-9(13-8)10(11)12/h2-5,8-9H,1H3,(H2,11,12)/t8-,9-/m1/s1. The number of hydrogen-bond acceptors (Lipinski definition) is 2. The minimum atomic E-state index is -0.414. The lowest BCUT2D eigenvalue weighted by atomic mass is 10.1. The Bertz CT molecular complexity index is 331. The zero-order valence-corrected chi connectivity index (χ0v) is 7.36. The van der Waals surface area contributed by atoms with E-state index in [9.17, 15) is 4.79 Å². The van der Waals surface area contributed by atoms with Crippen molar-refractivity contribution in [2.45, 2.75) is 19.1 Å². The molecule has 1 heterocycles. The number of amides is 1. The molecule has 0 aromatic heterocycles. The summed E-state index contributed by atoms with van der Waals surface area (Å²) in [5.74, 6) is -0.384. The van der Waals surface area contributed by atoms with Crippen LogP contribution in [0.1, 0.15) is 17.2 Å². The average Bonchev–Trinajstić information content (AvgIpc) is 2.85. The summed E-state index contributed by atoms with van der Waals surface area (Å²) in [7, 11) is 0. The van der Waals surface area contributed by atoms with Gasteiger partial charge in [-0.05, 0) is 12.5 Å². The van der Waals surface area contributed by atoms with E-state index in [0.29, 0.717) is 0 Å². The third-order valence-electron chi connectivity index (χ3n) is 2.18. The molecule has 0 bridgehead atoms. The Hall–Kier alpha value is -1.35. The average molecular weight is 177 g/mol. The Morgan fingerprint density at radius 3 is 2.46 bits per heavy atom. The van der Waals surface area contributed by atoms with E-state index in [1.165, 1.54) is 5.56 Å². The summed E-state index contributed by atoms with van der Waals surface area (Å²) in [6.45, 7) is 2.02. The lowest BCUT2D eigenvalue weighted by Gasteiger charge is -1.95. The number of hydrogen-bond donors (Lipinski definition) is 1. The first-order valence-corrected chi connectivity index (χ1v) is 4.20. The maximum atomic E-state index is 10.7. The summed E-state index contributed by atoms with van der Waals surface area (Å²) in [5.41, 5.74) is 7.31. The van der Waals surface area contributed by atoms with Crippen molar-refractivity contribution >= 4 is 5.91 Å². The summed E-state index contributed by atoms with van der Waals surface area (Å²) in [4.78, 5) is 10.7. The molecule has 3 nitrogen and oxygen atoms in total. The molecule has 1 aliphatic rings. The molecule has 1 aromatic rings. The van der Waals surface area contributed by atoms with Gasteiger partial charge in [0, 0.05) is 0 Å². The molecule has 0 aliphatic carbocycles. The zero-order chi connectivity index (χ0) is 9.42. The molecule has 1 aromatic carbocycles. The topological polar surface area (TPSA) is 55.6 Å². The monoisotopic (exact) mass is 177 g/mol. The molecular weight excluding hydrogens is 166 g/mol. The fourth-order valence-electron chi connectivity index (χ4n) is 1.34. The number of carbonyl (C=O) groups is 1. The second-order valence-electron chi connectivity index (χ2n) is 3.29. The van der Waals surface area contributed by atoms with Crippen LogP contribution in [0.5, 0.6) is 0 Å². The Morgan fingerprint density at radius 1 is 1.38 bits per heavy atom. The molecule has 0 spiro atoms. The van der Waals surface area contributed by atoms with Gasteiger partial charge in [0.25, 0.3) is 0 Å². The molecule has 13 heavy (non-hydrogen) atoms. The van der Waals surface area contributed by atoms with Crippen LogP contribution in [0.25, 0.3) is 0 Å². The smallest absolute Gasteiger partial charge is 0.249 e. The van der Waals surface area contributed by atoms with E-state index in [-0.39, 0.29) is 12.0 Å². The SMILES string of the molecule is Cc1ccc([C@H]2O[C@H]2C(N)=O)cc1. The van der Waals surface area contributed by atoms with Crippen LogP contribution in [0, 0.1) is 6.92 Å². The molecule has 0 radical (unpaired) electrons. The first-order chi connectivity index (χ1) is 6.18. The van der Waals surface area contributed by atoms with E-state index in [2.05, 4.69) is 0 Å². The first-order valence-electron chi connectivity index (χ1n) is 4.20. The second kappa shape index (κ2) is 2.85. The quantitative estimate of drug-likeness (QED) is 0.683. The number of nitrogens with two attached hydrogens (primary N) is 1. The maximum absolute atomic E-state index is 10.7. The van der Waals surface area contributed by atoms with E-state index in [1.54, 1.807) is 0 Å². The third kappa shape index (κ3) is 1.55. The number of aryl methyl sites for hydroxylation is 1. The molecule has 2 atom stereocenters. The van der Waals surface area contributed by atoms with Crippen molar-refractivity contribution in [2.24, 2.45) is 5.73 Å². The van der Waals surface area contributed by atoms with Gasteiger partial charge in [-0.2, -0.15) is 0 Å². The fourth-order valence-corrected chi connectivity index (χ4v) is 1.34. The number of benzene rings is 1. The highest BCUT2D eigenvalue weighted by atomic mass is 16.6. The van der Waals surface area contributed by atoms with Gasteiger partial charge in [0.2, 0.25) is 5.91 Å². The first kappa shape index (κ1) is 8.26. The predicted molar refractivity (Wildman–Crippen MR) is 48.0 cm³/mol. The molecule has 68 valence electrons. The van der Waals surface area contributed by atoms with Gasteiger partial charge in [-0.3, -0.25) is 4.79 Å². The molecule has 1 saturated heterocycles. The minimum absolute atomic E-state index is 0.113. The van der Waals surface area contributed by atoms with Gasteiger partial charge < -0.3 is 10.5 Å². The van der Waals surface area contributed by atoms with Crippen LogP contribution in [0.4, 0.5) is 0 Å². The largest absolute Gasteiger partial charge is 0.367 e. The zero-order valence-electron chi connectivity index (χ0n) is 7.36. The predicted octanol–water partition coefficient (Wildman–Crippen LogP) is 0.920.